The molecular weight excluding hydrogens is 382 g/mol. The Bertz CT molecular complexity index is 671. The Hall–Kier alpha value is -2.65. The molecule has 1 rings (SSSR count). The SMILES string of the molecule is CCOC(=O)[C@H](O)[C@@H](O)[C@H](CC(=O)OC(C)(C)C)NC(=O)OCc1ccccc1. The summed E-state index contributed by atoms with van der Waals surface area (Å²) in [5, 5.41) is 22.6. The fraction of sp³-hybridized carbons (Fsp3) is 0.550. The van der Waals surface area contributed by atoms with Gasteiger partial charge in [-0.05, 0) is 33.3 Å². The average molecular weight is 411 g/mol. The van der Waals surface area contributed by atoms with E-state index in [1.807, 2.05) is 6.07 Å². The van der Waals surface area contributed by atoms with Gasteiger partial charge in [0.15, 0.2) is 6.10 Å². The number of carbonyl (C=O) groups is 3. The number of esters is 2. The number of amides is 1. The highest BCUT2D eigenvalue weighted by Crippen LogP contribution is 2.13. The standard InChI is InChI=1S/C20H29NO8/c1-5-27-18(25)17(24)16(23)14(11-15(22)29-20(2,3)4)21-19(26)28-12-13-9-7-6-8-10-13/h6-10,14,16-17,23-24H,5,11-12H2,1-4H3,(H,21,26)/t14-,16-,17+/m0/s1. The van der Waals surface area contributed by atoms with Gasteiger partial charge in [-0.15, -0.1) is 0 Å². The number of rotatable bonds is 9. The van der Waals surface area contributed by atoms with Crippen LogP contribution in [-0.4, -0.2) is 58.7 Å². The largest absolute Gasteiger partial charge is 0.464 e. The minimum atomic E-state index is -1.96. The lowest BCUT2D eigenvalue weighted by atomic mass is 10.0. The molecule has 1 amide bonds. The van der Waals surface area contributed by atoms with E-state index in [9.17, 15) is 24.6 Å². The summed E-state index contributed by atoms with van der Waals surface area (Å²) >= 11 is 0. The molecule has 0 bridgehead atoms. The Morgan fingerprint density at radius 1 is 1.07 bits per heavy atom. The Morgan fingerprint density at radius 2 is 1.69 bits per heavy atom. The molecule has 0 radical (unpaired) electrons. The molecule has 3 atom stereocenters. The molecular formula is C20H29NO8. The number of carbonyl (C=O) groups excluding carboxylic acids is 3. The van der Waals surface area contributed by atoms with Gasteiger partial charge in [-0.3, -0.25) is 4.79 Å². The second-order valence-electron chi connectivity index (χ2n) is 7.29. The molecule has 0 aliphatic carbocycles. The van der Waals surface area contributed by atoms with Gasteiger partial charge in [0.25, 0.3) is 0 Å². The second-order valence-corrected chi connectivity index (χ2v) is 7.29. The molecule has 1 aromatic carbocycles. The van der Waals surface area contributed by atoms with E-state index in [4.69, 9.17) is 9.47 Å². The minimum Gasteiger partial charge on any atom is -0.464 e. The molecule has 0 aromatic heterocycles. The molecule has 29 heavy (non-hydrogen) atoms. The van der Waals surface area contributed by atoms with Crippen LogP contribution in [0.4, 0.5) is 4.79 Å². The molecule has 0 heterocycles. The molecule has 3 N–H and O–H groups in total. The maximum atomic E-state index is 12.1. The number of nitrogens with one attached hydrogen (secondary N) is 1. The summed E-state index contributed by atoms with van der Waals surface area (Å²) in [6, 6.07) is 7.54. The smallest absolute Gasteiger partial charge is 0.407 e. The van der Waals surface area contributed by atoms with Crippen LogP contribution in [-0.2, 0) is 30.4 Å². The van der Waals surface area contributed by atoms with Crippen molar-refractivity contribution < 1.29 is 38.8 Å². The Labute approximate surface area is 170 Å². The van der Waals surface area contributed by atoms with Gasteiger partial charge in [0, 0.05) is 0 Å². The van der Waals surface area contributed by atoms with Crippen LogP contribution in [0.2, 0.25) is 0 Å². The average Bonchev–Trinajstić information content (AvgIpc) is 2.64. The highest BCUT2D eigenvalue weighted by Gasteiger charge is 2.36. The van der Waals surface area contributed by atoms with E-state index in [-0.39, 0.29) is 13.2 Å². The fourth-order valence-electron chi connectivity index (χ4n) is 2.32. The molecule has 162 valence electrons. The quantitative estimate of drug-likeness (QED) is 0.409. The van der Waals surface area contributed by atoms with Crippen molar-refractivity contribution >= 4 is 18.0 Å². The zero-order valence-corrected chi connectivity index (χ0v) is 17.1. The number of benzene rings is 1. The zero-order valence-electron chi connectivity index (χ0n) is 17.1. The summed E-state index contributed by atoms with van der Waals surface area (Å²) in [7, 11) is 0. The first kappa shape index (κ1) is 24.4. The van der Waals surface area contributed by atoms with E-state index in [1.165, 1.54) is 6.92 Å². The van der Waals surface area contributed by atoms with Crippen LogP contribution >= 0.6 is 0 Å². The molecule has 9 nitrogen and oxygen atoms in total. The Morgan fingerprint density at radius 3 is 2.24 bits per heavy atom. The maximum absolute atomic E-state index is 12.1. The van der Waals surface area contributed by atoms with E-state index < -0.39 is 48.3 Å². The number of ether oxygens (including phenoxy) is 3. The number of hydrogen-bond donors (Lipinski definition) is 3. The summed E-state index contributed by atoms with van der Waals surface area (Å²) in [5.41, 5.74) is -0.0568. The summed E-state index contributed by atoms with van der Waals surface area (Å²) in [4.78, 5) is 36.0. The summed E-state index contributed by atoms with van der Waals surface area (Å²) < 4.78 is 14.9. The van der Waals surface area contributed by atoms with Gasteiger partial charge < -0.3 is 29.7 Å². The second kappa shape index (κ2) is 11.4. The molecule has 0 aliphatic heterocycles. The number of alkyl carbamates (subject to hydrolysis) is 1. The first-order valence-corrected chi connectivity index (χ1v) is 9.25. The molecule has 1 aromatic rings. The zero-order chi connectivity index (χ0) is 22.0. The van der Waals surface area contributed by atoms with Crippen molar-refractivity contribution in [2.24, 2.45) is 0 Å². The van der Waals surface area contributed by atoms with Gasteiger partial charge >= 0.3 is 18.0 Å². The lowest BCUT2D eigenvalue weighted by Crippen LogP contribution is -2.52. The van der Waals surface area contributed by atoms with Gasteiger partial charge in [0.2, 0.25) is 0 Å². The van der Waals surface area contributed by atoms with E-state index in [0.29, 0.717) is 0 Å². The lowest BCUT2D eigenvalue weighted by molar-refractivity contribution is -0.164. The maximum Gasteiger partial charge on any atom is 0.407 e. The highest BCUT2D eigenvalue weighted by molar-refractivity contribution is 5.77. The topological polar surface area (TPSA) is 131 Å². The Kier molecular flexibility index (Phi) is 9.57. The first-order valence-electron chi connectivity index (χ1n) is 9.25. The van der Waals surface area contributed by atoms with Crippen molar-refractivity contribution in [3.63, 3.8) is 0 Å². The van der Waals surface area contributed by atoms with Crippen LogP contribution in [0.3, 0.4) is 0 Å². The highest BCUT2D eigenvalue weighted by atomic mass is 16.6. The van der Waals surface area contributed by atoms with Crippen molar-refractivity contribution in [2.45, 2.75) is 64.6 Å². The molecule has 9 heteroatoms. The van der Waals surface area contributed by atoms with E-state index in [2.05, 4.69) is 10.1 Å². The van der Waals surface area contributed by atoms with E-state index in [1.54, 1.807) is 45.0 Å². The number of aliphatic hydroxyl groups is 2. The van der Waals surface area contributed by atoms with Crippen LogP contribution in [0.1, 0.15) is 39.7 Å². The van der Waals surface area contributed by atoms with Crippen LogP contribution in [0.5, 0.6) is 0 Å². The summed E-state index contributed by atoms with van der Waals surface area (Å²) in [6.07, 6.45) is -5.20. The number of aliphatic hydroxyl groups excluding tert-OH is 2. The van der Waals surface area contributed by atoms with Crippen molar-refractivity contribution in [3.8, 4) is 0 Å². The summed E-state index contributed by atoms with van der Waals surface area (Å²) in [5.74, 6) is -1.81. The monoisotopic (exact) mass is 411 g/mol. The third-order valence-electron chi connectivity index (χ3n) is 3.59. The van der Waals surface area contributed by atoms with Crippen LogP contribution in [0.25, 0.3) is 0 Å². The summed E-state index contributed by atoms with van der Waals surface area (Å²) in [6.45, 7) is 6.46. The fourth-order valence-corrected chi connectivity index (χ4v) is 2.32. The number of hydrogen-bond acceptors (Lipinski definition) is 8. The predicted octanol–water partition coefficient (Wildman–Crippen LogP) is 1.30. The molecule has 0 saturated carbocycles. The molecule has 0 fully saturated rings. The molecule has 0 unspecified atom stereocenters. The van der Waals surface area contributed by atoms with Crippen LogP contribution in [0.15, 0.2) is 30.3 Å². The van der Waals surface area contributed by atoms with Gasteiger partial charge in [0.1, 0.15) is 18.3 Å². The lowest BCUT2D eigenvalue weighted by Gasteiger charge is -2.27. The van der Waals surface area contributed by atoms with Crippen molar-refractivity contribution in [3.05, 3.63) is 35.9 Å². The van der Waals surface area contributed by atoms with Crippen LogP contribution < -0.4 is 5.32 Å². The third-order valence-corrected chi connectivity index (χ3v) is 3.59. The molecule has 0 saturated heterocycles. The van der Waals surface area contributed by atoms with Crippen LogP contribution in [0, 0.1) is 0 Å². The van der Waals surface area contributed by atoms with Crippen molar-refractivity contribution in [1.82, 2.24) is 5.32 Å². The Balaban J connectivity index is 2.80. The normalized spacial score (nSPS) is 14.3. The molecule has 0 aliphatic rings. The first-order chi connectivity index (χ1) is 13.5. The predicted molar refractivity (Wildman–Crippen MR) is 103 cm³/mol. The third kappa shape index (κ3) is 9.40. The van der Waals surface area contributed by atoms with Gasteiger partial charge in [0.05, 0.1) is 19.1 Å². The minimum absolute atomic E-state index is 0.00804. The van der Waals surface area contributed by atoms with Gasteiger partial charge in [-0.2, -0.15) is 0 Å². The van der Waals surface area contributed by atoms with E-state index >= 15 is 0 Å². The van der Waals surface area contributed by atoms with Gasteiger partial charge in [-0.1, -0.05) is 30.3 Å². The van der Waals surface area contributed by atoms with Gasteiger partial charge in [-0.25, -0.2) is 9.59 Å². The van der Waals surface area contributed by atoms with Crippen molar-refractivity contribution in [1.29, 1.82) is 0 Å². The van der Waals surface area contributed by atoms with E-state index in [0.717, 1.165) is 5.56 Å². The molecule has 0 spiro atoms. The van der Waals surface area contributed by atoms with Crippen molar-refractivity contribution in [2.75, 3.05) is 6.61 Å².